The van der Waals surface area contributed by atoms with E-state index in [9.17, 15) is 8.42 Å². The Kier molecular flexibility index (Phi) is 6.15. The van der Waals surface area contributed by atoms with E-state index >= 15 is 0 Å². The highest BCUT2D eigenvalue weighted by molar-refractivity contribution is 7.89. The first-order valence-electron chi connectivity index (χ1n) is 10.1. The molecule has 3 aromatic rings. The second-order valence-corrected chi connectivity index (χ2v) is 10.8. The number of hydrogen-bond donors (Lipinski definition) is 1. The minimum Gasteiger partial charge on any atom is -0.332 e. The molecule has 0 aliphatic heterocycles. The van der Waals surface area contributed by atoms with Crippen LogP contribution < -0.4 is 4.72 Å². The van der Waals surface area contributed by atoms with Crippen molar-refractivity contribution in [2.24, 2.45) is 5.92 Å². The minimum atomic E-state index is -3.53. The van der Waals surface area contributed by atoms with Crippen LogP contribution >= 0.6 is 0 Å². The molecule has 6 heteroatoms. The lowest BCUT2D eigenvalue weighted by molar-refractivity contribution is 0.532. The third-order valence-electron chi connectivity index (χ3n) is 5.00. The summed E-state index contributed by atoms with van der Waals surface area (Å²) in [5.41, 5.74) is 3.17. The van der Waals surface area contributed by atoms with Gasteiger partial charge >= 0.3 is 0 Å². The molecule has 3 rings (SSSR count). The minimum absolute atomic E-state index is 0.00600. The first kappa shape index (κ1) is 21.5. The summed E-state index contributed by atoms with van der Waals surface area (Å²) in [6, 6.07) is 11.1. The lowest BCUT2D eigenvalue weighted by atomic mass is 9.87. The van der Waals surface area contributed by atoms with E-state index in [0.717, 1.165) is 28.7 Å². The Labute approximate surface area is 174 Å². The van der Waals surface area contributed by atoms with Crippen molar-refractivity contribution in [3.63, 3.8) is 0 Å². The molecule has 2 heterocycles. The van der Waals surface area contributed by atoms with E-state index in [0.29, 0.717) is 23.8 Å². The van der Waals surface area contributed by atoms with Crippen molar-refractivity contribution < 1.29 is 8.42 Å². The molecule has 0 bridgehead atoms. The summed E-state index contributed by atoms with van der Waals surface area (Å²) >= 11 is 0. The Bertz CT molecular complexity index is 1080. The van der Waals surface area contributed by atoms with Gasteiger partial charge in [-0.1, -0.05) is 46.8 Å². The molecular weight excluding hydrogens is 382 g/mol. The monoisotopic (exact) mass is 413 g/mol. The molecule has 0 atom stereocenters. The van der Waals surface area contributed by atoms with Gasteiger partial charge in [-0.2, -0.15) is 0 Å². The van der Waals surface area contributed by atoms with Crippen molar-refractivity contribution in [3.05, 3.63) is 59.9 Å². The zero-order valence-electron chi connectivity index (χ0n) is 17.9. The molecule has 0 fully saturated rings. The summed E-state index contributed by atoms with van der Waals surface area (Å²) < 4.78 is 30.2. The first-order chi connectivity index (χ1) is 13.6. The lowest BCUT2D eigenvalue weighted by Crippen LogP contribution is -2.26. The maximum Gasteiger partial charge on any atom is 0.240 e. The van der Waals surface area contributed by atoms with E-state index < -0.39 is 10.0 Å². The Balaban J connectivity index is 1.72. The molecule has 0 amide bonds. The molecule has 1 N–H and O–H groups in total. The molecule has 0 spiro atoms. The Morgan fingerprint density at radius 2 is 1.79 bits per heavy atom. The number of hydrogen-bond acceptors (Lipinski definition) is 3. The number of sulfonamides is 1. The van der Waals surface area contributed by atoms with Crippen LogP contribution in [0.15, 0.2) is 53.7 Å². The predicted octanol–water partition coefficient (Wildman–Crippen LogP) is 4.51. The maximum absolute atomic E-state index is 12.7. The van der Waals surface area contributed by atoms with Crippen LogP contribution in [0.1, 0.15) is 45.7 Å². The molecule has 0 saturated heterocycles. The zero-order chi connectivity index (χ0) is 21.2. The lowest BCUT2D eigenvalue weighted by Gasteiger charge is -2.19. The van der Waals surface area contributed by atoms with Gasteiger partial charge < -0.3 is 4.57 Å². The maximum atomic E-state index is 12.7. The van der Waals surface area contributed by atoms with Crippen molar-refractivity contribution in [3.8, 4) is 0 Å². The Morgan fingerprint density at radius 1 is 1.10 bits per heavy atom. The average Bonchev–Trinajstić information content (AvgIpc) is 2.98. The quantitative estimate of drug-likeness (QED) is 0.620. The van der Waals surface area contributed by atoms with Gasteiger partial charge in [0, 0.05) is 30.9 Å². The second kappa shape index (κ2) is 8.28. The van der Waals surface area contributed by atoms with E-state index in [-0.39, 0.29) is 5.41 Å². The summed E-state index contributed by atoms with van der Waals surface area (Å²) in [6.45, 7) is 11.9. The van der Waals surface area contributed by atoms with Crippen molar-refractivity contribution >= 4 is 21.1 Å². The third kappa shape index (κ3) is 5.06. The standard InChI is InChI=1S/C23H31N3O2S/c1-17(2)15-26-16-18(21-7-6-13-24-22(21)26)12-14-25-29(27,28)20-10-8-19(9-11-20)23(3,4)5/h6-11,13,16-17,25H,12,14-15H2,1-5H3. The fraction of sp³-hybridized carbons (Fsp3) is 0.435. The number of rotatable bonds is 7. The molecular formula is C23H31N3O2S. The highest BCUT2D eigenvalue weighted by atomic mass is 32.2. The largest absolute Gasteiger partial charge is 0.332 e. The molecule has 0 unspecified atom stereocenters. The van der Waals surface area contributed by atoms with Crippen molar-refractivity contribution in [1.82, 2.24) is 14.3 Å². The van der Waals surface area contributed by atoms with Crippen LogP contribution in [0.5, 0.6) is 0 Å². The van der Waals surface area contributed by atoms with Gasteiger partial charge in [0.2, 0.25) is 10.0 Å². The number of aromatic nitrogens is 2. The van der Waals surface area contributed by atoms with Crippen LogP contribution in [0.2, 0.25) is 0 Å². The van der Waals surface area contributed by atoms with E-state index in [1.54, 1.807) is 18.3 Å². The van der Waals surface area contributed by atoms with E-state index in [2.05, 4.69) is 55.1 Å². The SMILES string of the molecule is CC(C)Cn1cc(CCNS(=O)(=O)c2ccc(C(C)(C)C)cc2)c2cccnc21. The number of fused-ring (bicyclic) bond motifs is 1. The topological polar surface area (TPSA) is 64.0 Å². The van der Waals surface area contributed by atoms with E-state index in [1.807, 2.05) is 24.3 Å². The molecule has 156 valence electrons. The van der Waals surface area contributed by atoms with Crippen LogP contribution in [0.4, 0.5) is 0 Å². The van der Waals surface area contributed by atoms with Crippen LogP contribution in [-0.4, -0.2) is 24.5 Å². The fourth-order valence-corrected chi connectivity index (χ4v) is 4.50. The summed E-state index contributed by atoms with van der Waals surface area (Å²) in [6.07, 6.45) is 4.52. The second-order valence-electron chi connectivity index (χ2n) is 9.00. The number of pyridine rings is 1. The van der Waals surface area contributed by atoms with Gasteiger partial charge in [-0.3, -0.25) is 0 Å². The molecule has 5 nitrogen and oxygen atoms in total. The summed E-state index contributed by atoms with van der Waals surface area (Å²) in [4.78, 5) is 4.81. The van der Waals surface area contributed by atoms with Gasteiger partial charge in [0.15, 0.2) is 0 Å². The van der Waals surface area contributed by atoms with Crippen molar-refractivity contribution in [2.45, 2.75) is 57.9 Å². The van der Waals surface area contributed by atoms with Crippen molar-refractivity contribution in [2.75, 3.05) is 6.54 Å². The van der Waals surface area contributed by atoms with Gasteiger partial charge in [0.25, 0.3) is 0 Å². The van der Waals surface area contributed by atoms with Gasteiger partial charge in [-0.15, -0.1) is 0 Å². The average molecular weight is 414 g/mol. The summed E-state index contributed by atoms with van der Waals surface area (Å²) in [5, 5.41) is 1.09. The van der Waals surface area contributed by atoms with Gasteiger partial charge in [-0.05, 0) is 53.1 Å². The van der Waals surface area contributed by atoms with Crippen molar-refractivity contribution in [1.29, 1.82) is 0 Å². The molecule has 0 radical (unpaired) electrons. The highest BCUT2D eigenvalue weighted by Crippen LogP contribution is 2.24. The smallest absolute Gasteiger partial charge is 0.240 e. The fourth-order valence-electron chi connectivity index (χ4n) is 3.46. The summed E-state index contributed by atoms with van der Waals surface area (Å²) in [5.74, 6) is 0.509. The predicted molar refractivity (Wildman–Crippen MR) is 119 cm³/mol. The highest BCUT2D eigenvalue weighted by Gasteiger charge is 2.18. The molecule has 0 aliphatic rings. The molecule has 0 aliphatic carbocycles. The number of nitrogens with one attached hydrogen (secondary N) is 1. The third-order valence-corrected chi connectivity index (χ3v) is 6.47. The van der Waals surface area contributed by atoms with Crippen LogP contribution in [-0.2, 0) is 28.4 Å². The molecule has 29 heavy (non-hydrogen) atoms. The van der Waals surface area contributed by atoms with Crippen LogP contribution in [0.3, 0.4) is 0 Å². The normalized spacial score (nSPS) is 12.8. The molecule has 0 saturated carbocycles. The Morgan fingerprint density at radius 3 is 2.41 bits per heavy atom. The van der Waals surface area contributed by atoms with Gasteiger partial charge in [-0.25, -0.2) is 18.1 Å². The number of benzene rings is 1. The molecule has 2 aromatic heterocycles. The van der Waals surface area contributed by atoms with Crippen LogP contribution in [0, 0.1) is 5.92 Å². The van der Waals surface area contributed by atoms with Gasteiger partial charge in [0.05, 0.1) is 4.90 Å². The first-order valence-corrected chi connectivity index (χ1v) is 11.6. The summed E-state index contributed by atoms with van der Waals surface area (Å²) in [7, 11) is -3.53. The van der Waals surface area contributed by atoms with Gasteiger partial charge in [0.1, 0.15) is 5.65 Å². The van der Waals surface area contributed by atoms with E-state index in [4.69, 9.17) is 0 Å². The van der Waals surface area contributed by atoms with Crippen LogP contribution in [0.25, 0.3) is 11.0 Å². The number of nitrogens with zero attached hydrogens (tertiary/aromatic N) is 2. The Hall–Kier alpha value is -2.18. The van der Waals surface area contributed by atoms with E-state index in [1.165, 1.54) is 0 Å². The molecule has 1 aromatic carbocycles. The zero-order valence-corrected chi connectivity index (χ0v) is 18.8.